The molecule has 1 heterocycles. The number of carbonyl (C=O) groups is 1. The van der Waals surface area contributed by atoms with Crippen LogP contribution in [0.25, 0.3) is 0 Å². The van der Waals surface area contributed by atoms with E-state index in [1.165, 1.54) is 13.3 Å². The fourth-order valence-electron chi connectivity index (χ4n) is 1.07. The normalized spacial score (nSPS) is 10.1. The summed E-state index contributed by atoms with van der Waals surface area (Å²) in [7, 11) is 3.11. The van der Waals surface area contributed by atoms with E-state index in [9.17, 15) is 4.79 Å². The van der Waals surface area contributed by atoms with Gasteiger partial charge < -0.3 is 14.2 Å². The minimum atomic E-state index is -0.123. The standard InChI is InChI=1S/C11H15NO4/c1-14-3-4-16-8-11(13)9-5-10(15-2)7-12-6-9/h5-7H,3-4,8H2,1-2H3. The van der Waals surface area contributed by atoms with Gasteiger partial charge in [-0.25, -0.2) is 0 Å². The summed E-state index contributed by atoms with van der Waals surface area (Å²) >= 11 is 0. The summed E-state index contributed by atoms with van der Waals surface area (Å²) in [5, 5.41) is 0. The molecule has 0 spiro atoms. The lowest BCUT2D eigenvalue weighted by molar-refractivity contribution is 0.0576. The lowest BCUT2D eigenvalue weighted by Gasteiger charge is -2.04. The van der Waals surface area contributed by atoms with Crippen LogP contribution >= 0.6 is 0 Å². The highest BCUT2D eigenvalue weighted by Crippen LogP contribution is 2.10. The number of nitrogens with zero attached hydrogens (tertiary/aromatic N) is 1. The van der Waals surface area contributed by atoms with Crippen LogP contribution in [0.2, 0.25) is 0 Å². The van der Waals surface area contributed by atoms with Crippen molar-refractivity contribution in [3.63, 3.8) is 0 Å². The summed E-state index contributed by atoms with van der Waals surface area (Å²) in [6, 6.07) is 1.63. The Labute approximate surface area is 94.3 Å². The Morgan fingerprint density at radius 3 is 2.81 bits per heavy atom. The third-order valence-electron chi connectivity index (χ3n) is 1.94. The molecule has 0 atom stereocenters. The molecule has 88 valence electrons. The highest BCUT2D eigenvalue weighted by atomic mass is 16.5. The number of aromatic nitrogens is 1. The largest absolute Gasteiger partial charge is 0.495 e. The summed E-state index contributed by atoms with van der Waals surface area (Å²) in [5.41, 5.74) is 0.483. The fraction of sp³-hybridized carbons (Fsp3) is 0.455. The zero-order chi connectivity index (χ0) is 11.8. The monoisotopic (exact) mass is 225 g/mol. The van der Waals surface area contributed by atoms with E-state index in [1.807, 2.05) is 0 Å². The molecule has 0 radical (unpaired) electrons. The molecule has 5 nitrogen and oxygen atoms in total. The van der Waals surface area contributed by atoms with Crippen LogP contribution < -0.4 is 4.74 Å². The molecule has 16 heavy (non-hydrogen) atoms. The first-order valence-electron chi connectivity index (χ1n) is 4.87. The molecule has 0 bridgehead atoms. The third kappa shape index (κ3) is 3.96. The second kappa shape index (κ2) is 6.92. The van der Waals surface area contributed by atoms with E-state index in [4.69, 9.17) is 14.2 Å². The minimum Gasteiger partial charge on any atom is -0.495 e. The quantitative estimate of drug-likeness (QED) is 0.510. The van der Waals surface area contributed by atoms with Crippen LogP contribution in [-0.4, -0.2) is 44.8 Å². The van der Waals surface area contributed by atoms with Crippen LogP contribution in [0.15, 0.2) is 18.5 Å². The number of hydrogen-bond acceptors (Lipinski definition) is 5. The lowest BCUT2D eigenvalue weighted by Crippen LogP contribution is -2.12. The maximum absolute atomic E-state index is 11.6. The molecule has 0 amide bonds. The first-order valence-corrected chi connectivity index (χ1v) is 4.87. The Hall–Kier alpha value is -1.46. The molecular formula is C11H15NO4. The van der Waals surface area contributed by atoms with Crippen molar-refractivity contribution in [1.82, 2.24) is 4.98 Å². The van der Waals surface area contributed by atoms with Crippen LogP contribution in [0.4, 0.5) is 0 Å². The molecule has 0 aliphatic carbocycles. The average Bonchev–Trinajstić information content (AvgIpc) is 2.34. The first kappa shape index (κ1) is 12.6. The highest BCUT2D eigenvalue weighted by Gasteiger charge is 2.07. The van der Waals surface area contributed by atoms with E-state index in [0.29, 0.717) is 24.5 Å². The van der Waals surface area contributed by atoms with Gasteiger partial charge in [-0.3, -0.25) is 9.78 Å². The Bertz CT molecular complexity index is 341. The number of carbonyl (C=O) groups excluding carboxylic acids is 1. The van der Waals surface area contributed by atoms with Gasteiger partial charge in [0.2, 0.25) is 0 Å². The fourth-order valence-corrected chi connectivity index (χ4v) is 1.07. The summed E-state index contributed by atoms with van der Waals surface area (Å²) in [6.07, 6.45) is 3.03. The molecule has 1 rings (SSSR count). The Morgan fingerprint density at radius 2 is 2.12 bits per heavy atom. The van der Waals surface area contributed by atoms with E-state index in [2.05, 4.69) is 4.98 Å². The van der Waals surface area contributed by atoms with E-state index in [1.54, 1.807) is 19.4 Å². The van der Waals surface area contributed by atoms with Crippen LogP contribution in [0.3, 0.4) is 0 Å². The van der Waals surface area contributed by atoms with Gasteiger partial charge in [0.15, 0.2) is 5.78 Å². The van der Waals surface area contributed by atoms with Crippen LogP contribution in [-0.2, 0) is 9.47 Å². The van der Waals surface area contributed by atoms with E-state index in [0.717, 1.165) is 0 Å². The van der Waals surface area contributed by atoms with Gasteiger partial charge in [0.05, 0.1) is 26.5 Å². The van der Waals surface area contributed by atoms with Gasteiger partial charge in [-0.15, -0.1) is 0 Å². The van der Waals surface area contributed by atoms with Crippen LogP contribution in [0.5, 0.6) is 5.75 Å². The maximum Gasteiger partial charge on any atom is 0.190 e. The van der Waals surface area contributed by atoms with Gasteiger partial charge in [-0.1, -0.05) is 0 Å². The Morgan fingerprint density at radius 1 is 1.31 bits per heavy atom. The van der Waals surface area contributed by atoms with Crippen molar-refractivity contribution >= 4 is 5.78 Å². The van der Waals surface area contributed by atoms with Gasteiger partial charge >= 0.3 is 0 Å². The van der Waals surface area contributed by atoms with Crippen LogP contribution in [0, 0.1) is 0 Å². The number of ether oxygens (including phenoxy) is 3. The van der Waals surface area contributed by atoms with Gasteiger partial charge in [0, 0.05) is 18.9 Å². The Kier molecular flexibility index (Phi) is 5.45. The van der Waals surface area contributed by atoms with E-state index < -0.39 is 0 Å². The van der Waals surface area contributed by atoms with Crippen LogP contribution in [0.1, 0.15) is 10.4 Å². The zero-order valence-electron chi connectivity index (χ0n) is 9.43. The van der Waals surface area contributed by atoms with Gasteiger partial charge in [0.25, 0.3) is 0 Å². The SMILES string of the molecule is COCCOCC(=O)c1cncc(OC)c1. The average molecular weight is 225 g/mol. The van der Waals surface area contributed by atoms with Crippen molar-refractivity contribution in [3.8, 4) is 5.75 Å². The Balaban J connectivity index is 2.46. The molecule has 0 aromatic carbocycles. The molecule has 0 fully saturated rings. The minimum absolute atomic E-state index is 0.0260. The number of rotatable bonds is 7. The van der Waals surface area contributed by atoms with Crippen molar-refractivity contribution in [1.29, 1.82) is 0 Å². The van der Waals surface area contributed by atoms with Crippen molar-refractivity contribution in [2.24, 2.45) is 0 Å². The summed E-state index contributed by atoms with van der Waals surface area (Å²) in [4.78, 5) is 15.5. The van der Waals surface area contributed by atoms with Gasteiger partial charge in [0.1, 0.15) is 12.4 Å². The second-order valence-electron chi connectivity index (χ2n) is 3.08. The van der Waals surface area contributed by atoms with E-state index in [-0.39, 0.29) is 12.4 Å². The molecule has 0 saturated carbocycles. The molecule has 1 aromatic heterocycles. The smallest absolute Gasteiger partial charge is 0.190 e. The van der Waals surface area contributed by atoms with Crippen molar-refractivity contribution in [2.45, 2.75) is 0 Å². The molecule has 1 aromatic rings. The van der Waals surface area contributed by atoms with Gasteiger partial charge in [-0.2, -0.15) is 0 Å². The van der Waals surface area contributed by atoms with Crippen molar-refractivity contribution < 1.29 is 19.0 Å². The first-order chi connectivity index (χ1) is 7.77. The number of methoxy groups -OCH3 is 2. The third-order valence-corrected chi connectivity index (χ3v) is 1.94. The molecule has 0 saturated heterocycles. The van der Waals surface area contributed by atoms with Crippen molar-refractivity contribution in [3.05, 3.63) is 24.0 Å². The predicted octanol–water partition coefficient (Wildman–Crippen LogP) is 0.936. The summed E-state index contributed by atoms with van der Waals surface area (Å²) in [6.45, 7) is 0.904. The maximum atomic E-state index is 11.6. The number of ketones is 1. The van der Waals surface area contributed by atoms with Gasteiger partial charge in [-0.05, 0) is 6.07 Å². The highest BCUT2D eigenvalue weighted by molar-refractivity contribution is 5.97. The number of Topliss-reactive ketones (excluding diaryl/α,β-unsaturated/α-hetero) is 1. The topological polar surface area (TPSA) is 57.7 Å². The molecule has 0 N–H and O–H groups in total. The summed E-state index contributed by atoms with van der Waals surface area (Å²) in [5.74, 6) is 0.435. The number of pyridine rings is 1. The lowest BCUT2D eigenvalue weighted by atomic mass is 10.2. The van der Waals surface area contributed by atoms with E-state index >= 15 is 0 Å². The summed E-state index contributed by atoms with van der Waals surface area (Å²) < 4.78 is 14.9. The zero-order valence-corrected chi connectivity index (χ0v) is 9.43. The predicted molar refractivity (Wildman–Crippen MR) is 57.8 cm³/mol. The molecule has 0 unspecified atom stereocenters. The molecular weight excluding hydrogens is 210 g/mol. The second-order valence-corrected chi connectivity index (χ2v) is 3.08. The molecule has 5 heteroatoms. The number of hydrogen-bond donors (Lipinski definition) is 0. The van der Waals surface area contributed by atoms with Crippen molar-refractivity contribution in [2.75, 3.05) is 34.0 Å². The molecule has 0 aliphatic heterocycles. The molecule has 0 aliphatic rings.